The van der Waals surface area contributed by atoms with E-state index in [1.54, 1.807) is 12.1 Å². The fourth-order valence-corrected chi connectivity index (χ4v) is 1.05. The summed E-state index contributed by atoms with van der Waals surface area (Å²) in [6, 6.07) is 5.19. The maximum atomic E-state index is 10.9. The van der Waals surface area contributed by atoms with Crippen molar-refractivity contribution in [3.8, 4) is 5.75 Å². The fraction of sp³-hybridized carbons (Fsp3) is 0.300. The summed E-state index contributed by atoms with van der Waals surface area (Å²) < 4.78 is 4.49. The Morgan fingerprint density at radius 1 is 1.54 bits per heavy atom. The van der Waals surface area contributed by atoms with Crippen molar-refractivity contribution in [1.82, 2.24) is 0 Å². The molecule has 0 aliphatic heterocycles. The first-order valence-corrected chi connectivity index (χ1v) is 3.99. The molecule has 0 aromatic heterocycles. The van der Waals surface area contributed by atoms with Crippen molar-refractivity contribution in [1.29, 1.82) is 0 Å². The summed E-state index contributed by atoms with van der Waals surface area (Å²) >= 11 is 0. The molecule has 3 heteroatoms. The number of rotatable bonds is 2. The lowest BCUT2D eigenvalue weighted by Gasteiger charge is -2.03. The third kappa shape index (κ3) is 2.47. The van der Waals surface area contributed by atoms with E-state index in [9.17, 15) is 9.90 Å². The van der Waals surface area contributed by atoms with Crippen LogP contribution >= 0.6 is 0 Å². The predicted molar refractivity (Wildman–Crippen MR) is 48.6 cm³/mol. The number of methoxy groups -OCH3 is 1. The normalized spacial score (nSPS) is 9.69. The molecular weight excluding hydrogens is 168 g/mol. The van der Waals surface area contributed by atoms with Gasteiger partial charge in [0, 0.05) is 5.56 Å². The SMILES string of the molecule is COC(=O)Cc1ccc(C)cc1O. The first-order valence-electron chi connectivity index (χ1n) is 3.99. The van der Waals surface area contributed by atoms with Crippen molar-refractivity contribution in [2.45, 2.75) is 13.3 Å². The zero-order valence-corrected chi connectivity index (χ0v) is 7.70. The lowest BCUT2D eigenvalue weighted by molar-refractivity contribution is -0.139. The van der Waals surface area contributed by atoms with Gasteiger partial charge in [0.1, 0.15) is 5.75 Å². The largest absolute Gasteiger partial charge is 0.508 e. The molecule has 1 aromatic rings. The molecule has 70 valence electrons. The Morgan fingerprint density at radius 3 is 2.77 bits per heavy atom. The van der Waals surface area contributed by atoms with Gasteiger partial charge in [-0.1, -0.05) is 12.1 Å². The van der Waals surface area contributed by atoms with Crippen LogP contribution < -0.4 is 0 Å². The molecule has 0 spiro atoms. The third-order valence-corrected chi connectivity index (χ3v) is 1.80. The second-order valence-corrected chi connectivity index (χ2v) is 2.89. The van der Waals surface area contributed by atoms with Gasteiger partial charge in [-0.3, -0.25) is 4.79 Å². The molecule has 3 nitrogen and oxygen atoms in total. The van der Waals surface area contributed by atoms with Gasteiger partial charge in [-0.05, 0) is 18.6 Å². The van der Waals surface area contributed by atoms with Gasteiger partial charge in [0.15, 0.2) is 0 Å². The topological polar surface area (TPSA) is 46.5 Å². The maximum Gasteiger partial charge on any atom is 0.310 e. The van der Waals surface area contributed by atoms with Gasteiger partial charge in [0.2, 0.25) is 0 Å². The summed E-state index contributed by atoms with van der Waals surface area (Å²) in [4.78, 5) is 10.9. The summed E-state index contributed by atoms with van der Waals surface area (Å²) in [7, 11) is 1.33. The number of aryl methyl sites for hydroxylation is 1. The van der Waals surface area contributed by atoms with Crippen LogP contribution in [0, 0.1) is 6.92 Å². The van der Waals surface area contributed by atoms with E-state index < -0.39 is 0 Å². The van der Waals surface area contributed by atoms with Crippen molar-refractivity contribution in [3.63, 3.8) is 0 Å². The van der Waals surface area contributed by atoms with Crippen LogP contribution in [0.5, 0.6) is 5.75 Å². The molecule has 0 saturated carbocycles. The molecule has 0 heterocycles. The van der Waals surface area contributed by atoms with E-state index in [1.165, 1.54) is 7.11 Å². The highest BCUT2D eigenvalue weighted by Crippen LogP contribution is 2.18. The highest BCUT2D eigenvalue weighted by atomic mass is 16.5. The number of hydrogen-bond donors (Lipinski definition) is 1. The number of aromatic hydroxyl groups is 1. The standard InChI is InChI=1S/C10H12O3/c1-7-3-4-8(9(11)5-7)6-10(12)13-2/h3-5,11H,6H2,1-2H3. The molecule has 1 aromatic carbocycles. The second kappa shape index (κ2) is 3.94. The zero-order chi connectivity index (χ0) is 9.84. The highest BCUT2D eigenvalue weighted by Gasteiger charge is 2.06. The highest BCUT2D eigenvalue weighted by molar-refractivity contribution is 5.73. The fourth-order valence-electron chi connectivity index (χ4n) is 1.05. The molecule has 0 aliphatic rings. The van der Waals surface area contributed by atoms with Gasteiger partial charge < -0.3 is 9.84 Å². The van der Waals surface area contributed by atoms with E-state index in [4.69, 9.17) is 0 Å². The molecule has 0 saturated heterocycles. The van der Waals surface area contributed by atoms with Gasteiger partial charge in [-0.15, -0.1) is 0 Å². The molecular formula is C10H12O3. The quantitative estimate of drug-likeness (QED) is 0.700. The van der Waals surface area contributed by atoms with Crippen LogP contribution in [0.1, 0.15) is 11.1 Å². The lowest BCUT2D eigenvalue weighted by Crippen LogP contribution is -2.04. The molecule has 13 heavy (non-hydrogen) atoms. The predicted octanol–water partition coefficient (Wildman–Crippen LogP) is 1.42. The van der Waals surface area contributed by atoms with Crippen LogP contribution in [0.3, 0.4) is 0 Å². The average Bonchev–Trinajstić information content (AvgIpc) is 2.09. The van der Waals surface area contributed by atoms with E-state index in [0.717, 1.165) is 5.56 Å². The van der Waals surface area contributed by atoms with Crippen molar-refractivity contribution >= 4 is 5.97 Å². The van der Waals surface area contributed by atoms with Crippen LogP contribution in [-0.4, -0.2) is 18.2 Å². The molecule has 0 aliphatic carbocycles. The number of phenolic OH excluding ortho intramolecular Hbond substituents is 1. The summed E-state index contributed by atoms with van der Waals surface area (Å²) in [6.45, 7) is 1.88. The Bertz CT molecular complexity index is 318. The number of hydrogen-bond acceptors (Lipinski definition) is 3. The minimum atomic E-state index is -0.348. The van der Waals surface area contributed by atoms with Gasteiger partial charge in [-0.25, -0.2) is 0 Å². The van der Waals surface area contributed by atoms with Crippen LogP contribution in [0.2, 0.25) is 0 Å². The molecule has 1 N–H and O–H groups in total. The third-order valence-electron chi connectivity index (χ3n) is 1.80. The Morgan fingerprint density at radius 2 is 2.23 bits per heavy atom. The van der Waals surface area contributed by atoms with E-state index in [1.807, 2.05) is 13.0 Å². The van der Waals surface area contributed by atoms with E-state index >= 15 is 0 Å². The average molecular weight is 180 g/mol. The smallest absolute Gasteiger partial charge is 0.310 e. The molecule has 0 unspecified atom stereocenters. The van der Waals surface area contributed by atoms with Crippen LogP contribution in [0.4, 0.5) is 0 Å². The first-order chi connectivity index (χ1) is 6.13. The summed E-state index contributed by atoms with van der Waals surface area (Å²) in [5, 5.41) is 9.43. The minimum absolute atomic E-state index is 0.114. The van der Waals surface area contributed by atoms with E-state index in [0.29, 0.717) is 5.56 Å². The molecule has 0 bridgehead atoms. The number of benzene rings is 1. The van der Waals surface area contributed by atoms with Gasteiger partial charge in [0.25, 0.3) is 0 Å². The summed E-state index contributed by atoms with van der Waals surface area (Å²) in [6.07, 6.45) is 0.114. The Kier molecular flexibility index (Phi) is 2.90. The molecule has 1 rings (SSSR count). The van der Waals surface area contributed by atoms with Crippen LogP contribution in [0.15, 0.2) is 18.2 Å². The number of esters is 1. The van der Waals surface area contributed by atoms with Crippen molar-refractivity contribution in [2.75, 3.05) is 7.11 Å². The van der Waals surface area contributed by atoms with Gasteiger partial charge in [-0.2, -0.15) is 0 Å². The first kappa shape index (κ1) is 9.58. The second-order valence-electron chi connectivity index (χ2n) is 2.89. The number of ether oxygens (including phenoxy) is 1. The molecule has 0 amide bonds. The monoisotopic (exact) mass is 180 g/mol. The summed E-state index contributed by atoms with van der Waals surface area (Å²) in [5.74, 6) is -0.204. The van der Waals surface area contributed by atoms with Gasteiger partial charge in [0.05, 0.1) is 13.5 Å². The minimum Gasteiger partial charge on any atom is -0.508 e. The lowest BCUT2D eigenvalue weighted by atomic mass is 10.1. The number of carbonyl (C=O) groups excluding carboxylic acids is 1. The van der Waals surface area contributed by atoms with Crippen molar-refractivity contribution in [3.05, 3.63) is 29.3 Å². The number of phenols is 1. The van der Waals surface area contributed by atoms with E-state index in [-0.39, 0.29) is 18.1 Å². The molecule has 0 atom stereocenters. The van der Waals surface area contributed by atoms with Crippen LogP contribution in [0.25, 0.3) is 0 Å². The van der Waals surface area contributed by atoms with Crippen molar-refractivity contribution in [2.24, 2.45) is 0 Å². The summed E-state index contributed by atoms with van der Waals surface area (Å²) in [5.41, 5.74) is 1.56. The Labute approximate surface area is 77.0 Å². The van der Waals surface area contributed by atoms with Gasteiger partial charge >= 0.3 is 5.97 Å². The molecule has 0 fully saturated rings. The van der Waals surface area contributed by atoms with E-state index in [2.05, 4.69) is 4.74 Å². The zero-order valence-electron chi connectivity index (χ0n) is 7.70. The maximum absolute atomic E-state index is 10.9. The number of carbonyl (C=O) groups is 1. The Balaban J connectivity index is 2.83. The Hall–Kier alpha value is -1.51. The van der Waals surface area contributed by atoms with Crippen LogP contribution in [-0.2, 0) is 16.0 Å². The van der Waals surface area contributed by atoms with Crippen molar-refractivity contribution < 1.29 is 14.6 Å². The molecule has 0 radical (unpaired) electrons.